The molecule has 1 amide bonds. The number of hydrogen-bond acceptors (Lipinski definition) is 2. The van der Waals surface area contributed by atoms with Crippen LogP contribution in [0.25, 0.3) is 0 Å². The van der Waals surface area contributed by atoms with Gasteiger partial charge in [-0.05, 0) is 30.9 Å². The normalized spacial score (nSPS) is 17.5. The number of fused-ring (bicyclic) bond motifs is 1. The van der Waals surface area contributed by atoms with Crippen LogP contribution in [0.15, 0.2) is 24.3 Å². The Bertz CT molecular complexity index is 403. The van der Waals surface area contributed by atoms with Crippen LogP contribution in [0, 0.1) is 0 Å². The molecule has 1 unspecified atom stereocenters. The average molecular weight is 233 g/mol. The van der Waals surface area contributed by atoms with Gasteiger partial charge in [-0.2, -0.15) is 0 Å². The number of aliphatic hydroxyl groups is 1. The van der Waals surface area contributed by atoms with Crippen molar-refractivity contribution in [3.8, 4) is 0 Å². The summed E-state index contributed by atoms with van der Waals surface area (Å²) in [4.78, 5) is 13.8. The van der Waals surface area contributed by atoms with E-state index in [1.54, 1.807) is 4.90 Å². The second kappa shape index (κ2) is 5.32. The maximum atomic E-state index is 12.0. The highest BCUT2D eigenvalue weighted by Gasteiger charge is 2.23. The molecular weight excluding hydrogens is 214 g/mol. The van der Waals surface area contributed by atoms with E-state index >= 15 is 0 Å². The van der Waals surface area contributed by atoms with Crippen molar-refractivity contribution in [1.82, 2.24) is 0 Å². The summed E-state index contributed by atoms with van der Waals surface area (Å²) in [6.45, 7) is 2.34. The quantitative estimate of drug-likeness (QED) is 0.868. The number of rotatable bonds is 3. The number of anilines is 1. The Morgan fingerprint density at radius 2 is 2.12 bits per heavy atom. The number of nitrogens with zero attached hydrogens (tertiary/aromatic N) is 1. The molecule has 1 aromatic rings. The largest absolute Gasteiger partial charge is 0.391 e. The molecule has 0 bridgehead atoms. The number of carbonyl (C=O) groups is 1. The van der Waals surface area contributed by atoms with Crippen LogP contribution in [0.3, 0.4) is 0 Å². The minimum atomic E-state index is -0.440. The van der Waals surface area contributed by atoms with Gasteiger partial charge < -0.3 is 10.0 Å². The lowest BCUT2D eigenvalue weighted by molar-refractivity contribution is -0.118. The topological polar surface area (TPSA) is 40.5 Å². The zero-order valence-corrected chi connectivity index (χ0v) is 10.2. The first-order valence-electron chi connectivity index (χ1n) is 6.28. The number of benzene rings is 1. The van der Waals surface area contributed by atoms with Gasteiger partial charge >= 0.3 is 0 Å². The lowest BCUT2D eigenvalue weighted by Gasteiger charge is -2.25. The Morgan fingerprint density at radius 3 is 2.88 bits per heavy atom. The van der Waals surface area contributed by atoms with Crippen molar-refractivity contribution in [1.29, 1.82) is 0 Å². The van der Waals surface area contributed by atoms with Crippen LogP contribution in [0.4, 0.5) is 5.69 Å². The molecule has 1 atom stereocenters. The molecule has 92 valence electrons. The molecule has 3 heteroatoms. The highest BCUT2D eigenvalue weighted by Crippen LogP contribution is 2.26. The first-order chi connectivity index (χ1) is 8.22. The lowest BCUT2D eigenvalue weighted by Crippen LogP contribution is -2.37. The number of hydrogen-bond donors (Lipinski definition) is 1. The predicted molar refractivity (Wildman–Crippen MR) is 68.0 cm³/mol. The zero-order valence-electron chi connectivity index (χ0n) is 10.2. The van der Waals surface area contributed by atoms with E-state index in [-0.39, 0.29) is 5.91 Å². The number of β-amino-alcohol motifs (C(OH)–C–C–N with tert-alkyl or cyclic N) is 1. The molecule has 0 fully saturated rings. The van der Waals surface area contributed by atoms with Gasteiger partial charge in [-0.15, -0.1) is 0 Å². The second-order valence-corrected chi connectivity index (χ2v) is 4.55. The number of amides is 1. The molecule has 0 spiro atoms. The summed E-state index contributed by atoms with van der Waals surface area (Å²) in [5.41, 5.74) is 2.18. The third-order valence-corrected chi connectivity index (χ3v) is 3.28. The van der Waals surface area contributed by atoms with Crippen LogP contribution in [0.1, 0.15) is 31.7 Å². The van der Waals surface area contributed by atoms with Gasteiger partial charge in [-0.25, -0.2) is 0 Å². The van der Waals surface area contributed by atoms with Crippen molar-refractivity contribution in [2.45, 2.75) is 38.7 Å². The van der Waals surface area contributed by atoms with Gasteiger partial charge in [0.15, 0.2) is 0 Å². The number of aliphatic hydroxyl groups excluding tert-OH is 1. The van der Waals surface area contributed by atoms with Crippen LogP contribution in [-0.2, 0) is 11.2 Å². The smallest absolute Gasteiger partial charge is 0.227 e. The molecule has 2 rings (SSSR count). The Labute approximate surface area is 102 Å². The Kier molecular flexibility index (Phi) is 3.79. The van der Waals surface area contributed by atoms with E-state index in [1.807, 2.05) is 25.1 Å². The standard InChI is InChI=1S/C14H19NO2/c1-2-12(16)10-15-13-8-4-3-6-11(13)7-5-9-14(15)17/h3-4,6,8,12,16H,2,5,7,9-10H2,1H3. The van der Waals surface area contributed by atoms with Crippen molar-refractivity contribution in [3.63, 3.8) is 0 Å². The van der Waals surface area contributed by atoms with E-state index in [9.17, 15) is 9.90 Å². The summed E-state index contributed by atoms with van der Waals surface area (Å²) in [5.74, 6) is 0.127. The zero-order chi connectivity index (χ0) is 12.3. The van der Waals surface area contributed by atoms with Gasteiger partial charge in [-0.3, -0.25) is 4.79 Å². The molecule has 0 saturated heterocycles. The Balaban J connectivity index is 2.30. The molecule has 1 aromatic carbocycles. The third kappa shape index (κ3) is 2.67. The summed E-state index contributed by atoms with van der Waals surface area (Å²) < 4.78 is 0. The monoisotopic (exact) mass is 233 g/mol. The number of carbonyl (C=O) groups excluding carboxylic acids is 1. The van der Waals surface area contributed by atoms with E-state index in [0.717, 1.165) is 18.5 Å². The molecule has 1 aliphatic rings. The van der Waals surface area contributed by atoms with Gasteiger partial charge in [-0.1, -0.05) is 25.1 Å². The summed E-state index contributed by atoms with van der Waals surface area (Å²) >= 11 is 0. The second-order valence-electron chi connectivity index (χ2n) is 4.55. The van der Waals surface area contributed by atoms with E-state index < -0.39 is 6.10 Å². The predicted octanol–water partition coefficient (Wildman–Crippen LogP) is 2.13. The summed E-state index contributed by atoms with van der Waals surface area (Å²) in [6, 6.07) is 7.99. The Hall–Kier alpha value is -1.35. The van der Waals surface area contributed by atoms with E-state index in [2.05, 4.69) is 6.07 Å². The Morgan fingerprint density at radius 1 is 1.35 bits per heavy atom. The first-order valence-corrected chi connectivity index (χ1v) is 6.28. The van der Waals surface area contributed by atoms with Gasteiger partial charge in [0.25, 0.3) is 0 Å². The molecule has 0 radical (unpaired) electrons. The molecule has 1 heterocycles. The molecule has 1 N–H and O–H groups in total. The average Bonchev–Trinajstić information content (AvgIpc) is 2.50. The van der Waals surface area contributed by atoms with Crippen LogP contribution in [0.2, 0.25) is 0 Å². The van der Waals surface area contributed by atoms with Crippen LogP contribution in [0.5, 0.6) is 0 Å². The molecule has 0 aromatic heterocycles. The maximum Gasteiger partial charge on any atom is 0.227 e. The molecule has 0 saturated carbocycles. The van der Waals surface area contributed by atoms with Crippen LogP contribution < -0.4 is 4.90 Å². The van der Waals surface area contributed by atoms with Gasteiger partial charge in [0.2, 0.25) is 5.91 Å². The van der Waals surface area contributed by atoms with E-state index in [0.29, 0.717) is 19.4 Å². The fourth-order valence-electron chi connectivity index (χ4n) is 2.22. The van der Waals surface area contributed by atoms with E-state index in [4.69, 9.17) is 0 Å². The summed E-state index contributed by atoms with van der Waals surface area (Å²) in [5, 5.41) is 9.75. The fourth-order valence-corrected chi connectivity index (χ4v) is 2.22. The van der Waals surface area contributed by atoms with Gasteiger partial charge in [0.05, 0.1) is 12.6 Å². The van der Waals surface area contributed by atoms with Crippen LogP contribution >= 0.6 is 0 Å². The minimum Gasteiger partial charge on any atom is -0.391 e. The van der Waals surface area contributed by atoms with Crippen molar-refractivity contribution in [3.05, 3.63) is 29.8 Å². The molecule has 1 aliphatic heterocycles. The summed E-state index contributed by atoms with van der Waals surface area (Å²) in [7, 11) is 0. The van der Waals surface area contributed by atoms with Gasteiger partial charge in [0, 0.05) is 12.1 Å². The van der Waals surface area contributed by atoms with Crippen molar-refractivity contribution in [2.24, 2.45) is 0 Å². The maximum absolute atomic E-state index is 12.0. The van der Waals surface area contributed by atoms with Crippen molar-refractivity contribution in [2.75, 3.05) is 11.4 Å². The summed E-state index contributed by atoms with van der Waals surface area (Å²) in [6.07, 6.45) is 2.65. The third-order valence-electron chi connectivity index (χ3n) is 3.28. The highest BCUT2D eigenvalue weighted by molar-refractivity contribution is 5.94. The van der Waals surface area contributed by atoms with E-state index in [1.165, 1.54) is 5.56 Å². The fraction of sp³-hybridized carbons (Fsp3) is 0.500. The van der Waals surface area contributed by atoms with Crippen LogP contribution in [-0.4, -0.2) is 23.7 Å². The molecular formula is C14H19NO2. The number of para-hydroxylation sites is 1. The van der Waals surface area contributed by atoms with Crippen molar-refractivity contribution >= 4 is 11.6 Å². The lowest BCUT2D eigenvalue weighted by atomic mass is 10.1. The molecule has 17 heavy (non-hydrogen) atoms. The SMILES string of the molecule is CCC(O)CN1C(=O)CCCc2ccccc21. The van der Waals surface area contributed by atoms with Gasteiger partial charge in [0.1, 0.15) is 0 Å². The van der Waals surface area contributed by atoms with Crippen molar-refractivity contribution < 1.29 is 9.90 Å². The first kappa shape index (κ1) is 12.1. The minimum absolute atomic E-state index is 0.127. The highest BCUT2D eigenvalue weighted by atomic mass is 16.3. The number of aryl methyl sites for hydroxylation is 1. The molecule has 0 aliphatic carbocycles. The molecule has 3 nitrogen and oxygen atoms in total.